The quantitative estimate of drug-likeness (QED) is 0.730. The standard InChI is InChI=1S/C11H22O2/c1-9(12)10(2)13-8-11-6-4-3-5-7-11/h9-12H,3-8H2,1-2H3/t9-,10?/m0/s1. The third kappa shape index (κ3) is 4.10. The van der Waals surface area contributed by atoms with E-state index in [1.54, 1.807) is 6.92 Å². The monoisotopic (exact) mass is 186 g/mol. The molecule has 0 radical (unpaired) electrons. The minimum Gasteiger partial charge on any atom is -0.391 e. The van der Waals surface area contributed by atoms with Crippen molar-refractivity contribution >= 4 is 0 Å². The fourth-order valence-corrected chi connectivity index (χ4v) is 1.78. The first-order chi connectivity index (χ1) is 6.20. The molecule has 0 aromatic heterocycles. The number of rotatable bonds is 4. The van der Waals surface area contributed by atoms with Gasteiger partial charge in [-0.1, -0.05) is 19.3 Å². The highest BCUT2D eigenvalue weighted by atomic mass is 16.5. The van der Waals surface area contributed by atoms with Gasteiger partial charge in [0.1, 0.15) is 0 Å². The molecule has 1 aliphatic rings. The zero-order chi connectivity index (χ0) is 9.68. The summed E-state index contributed by atoms with van der Waals surface area (Å²) in [6, 6.07) is 0. The molecule has 0 amide bonds. The average Bonchev–Trinajstić information content (AvgIpc) is 2.15. The molecule has 1 fully saturated rings. The first-order valence-electron chi connectivity index (χ1n) is 5.50. The summed E-state index contributed by atoms with van der Waals surface area (Å²) in [4.78, 5) is 0. The zero-order valence-electron chi connectivity index (χ0n) is 8.83. The Labute approximate surface area is 81.3 Å². The molecule has 2 nitrogen and oxygen atoms in total. The predicted octanol–water partition coefficient (Wildman–Crippen LogP) is 2.35. The summed E-state index contributed by atoms with van der Waals surface area (Å²) >= 11 is 0. The molecule has 1 saturated carbocycles. The number of aliphatic hydroxyl groups excluding tert-OH is 1. The van der Waals surface area contributed by atoms with Crippen LogP contribution in [-0.2, 0) is 4.74 Å². The van der Waals surface area contributed by atoms with Crippen LogP contribution in [0.4, 0.5) is 0 Å². The predicted molar refractivity (Wildman–Crippen MR) is 53.7 cm³/mol. The molecule has 0 aromatic carbocycles. The number of aliphatic hydroxyl groups is 1. The Morgan fingerprint density at radius 2 is 1.85 bits per heavy atom. The van der Waals surface area contributed by atoms with E-state index >= 15 is 0 Å². The lowest BCUT2D eigenvalue weighted by molar-refractivity contribution is -0.0358. The highest BCUT2D eigenvalue weighted by Crippen LogP contribution is 2.24. The van der Waals surface area contributed by atoms with Gasteiger partial charge in [0.25, 0.3) is 0 Å². The molecule has 0 bridgehead atoms. The first-order valence-corrected chi connectivity index (χ1v) is 5.50. The maximum atomic E-state index is 9.23. The minimum atomic E-state index is -0.344. The van der Waals surface area contributed by atoms with Crippen molar-refractivity contribution in [1.82, 2.24) is 0 Å². The molecule has 0 spiro atoms. The van der Waals surface area contributed by atoms with Gasteiger partial charge in [-0.25, -0.2) is 0 Å². The minimum absolute atomic E-state index is 0.0121. The molecule has 1 aliphatic carbocycles. The summed E-state index contributed by atoms with van der Waals surface area (Å²) in [5.74, 6) is 0.745. The van der Waals surface area contributed by atoms with Crippen LogP contribution in [0, 0.1) is 5.92 Å². The molecular weight excluding hydrogens is 164 g/mol. The van der Waals surface area contributed by atoms with Crippen molar-refractivity contribution in [2.24, 2.45) is 5.92 Å². The fraction of sp³-hybridized carbons (Fsp3) is 1.00. The number of hydrogen-bond acceptors (Lipinski definition) is 2. The van der Waals surface area contributed by atoms with Crippen molar-refractivity contribution in [3.63, 3.8) is 0 Å². The average molecular weight is 186 g/mol. The molecule has 1 N–H and O–H groups in total. The first kappa shape index (κ1) is 11.0. The van der Waals surface area contributed by atoms with Crippen molar-refractivity contribution in [3.8, 4) is 0 Å². The molecule has 2 atom stereocenters. The van der Waals surface area contributed by atoms with E-state index in [0.717, 1.165) is 12.5 Å². The van der Waals surface area contributed by atoms with Gasteiger partial charge in [-0.15, -0.1) is 0 Å². The van der Waals surface area contributed by atoms with Gasteiger partial charge in [0.15, 0.2) is 0 Å². The maximum absolute atomic E-state index is 9.23. The fourth-order valence-electron chi connectivity index (χ4n) is 1.78. The summed E-state index contributed by atoms with van der Waals surface area (Å²) < 4.78 is 5.59. The van der Waals surface area contributed by atoms with Crippen LogP contribution in [0.3, 0.4) is 0 Å². The van der Waals surface area contributed by atoms with Gasteiger partial charge in [-0.05, 0) is 32.6 Å². The summed E-state index contributed by atoms with van der Waals surface area (Å²) in [6.45, 7) is 4.56. The van der Waals surface area contributed by atoms with Gasteiger partial charge < -0.3 is 9.84 Å². The number of ether oxygens (including phenoxy) is 1. The molecule has 0 aliphatic heterocycles. The van der Waals surface area contributed by atoms with Gasteiger partial charge in [0.2, 0.25) is 0 Å². The summed E-state index contributed by atoms with van der Waals surface area (Å²) in [5, 5.41) is 9.23. The second-order valence-electron chi connectivity index (χ2n) is 4.28. The topological polar surface area (TPSA) is 29.5 Å². The lowest BCUT2D eigenvalue weighted by atomic mass is 9.90. The molecule has 0 saturated heterocycles. The second-order valence-corrected chi connectivity index (χ2v) is 4.28. The van der Waals surface area contributed by atoms with Gasteiger partial charge in [0.05, 0.1) is 12.2 Å². The SMILES string of the molecule is CC(OCC1CCCCC1)[C@H](C)O. The Hall–Kier alpha value is -0.0800. The molecule has 0 heterocycles. The van der Waals surface area contributed by atoms with Crippen molar-refractivity contribution in [3.05, 3.63) is 0 Å². The van der Waals surface area contributed by atoms with Crippen LogP contribution in [0.5, 0.6) is 0 Å². The third-order valence-electron chi connectivity index (χ3n) is 3.00. The van der Waals surface area contributed by atoms with Crippen molar-refractivity contribution in [2.75, 3.05) is 6.61 Å². The lowest BCUT2D eigenvalue weighted by Gasteiger charge is -2.24. The molecular formula is C11H22O2. The Kier molecular flexibility index (Phi) is 4.74. The van der Waals surface area contributed by atoms with E-state index in [2.05, 4.69) is 0 Å². The van der Waals surface area contributed by atoms with E-state index in [0.29, 0.717) is 0 Å². The van der Waals surface area contributed by atoms with Crippen LogP contribution in [-0.4, -0.2) is 23.9 Å². The van der Waals surface area contributed by atoms with Crippen LogP contribution in [0.1, 0.15) is 46.0 Å². The normalized spacial score (nSPS) is 24.2. The van der Waals surface area contributed by atoms with E-state index in [1.807, 2.05) is 6.92 Å². The van der Waals surface area contributed by atoms with E-state index < -0.39 is 0 Å². The molecule has 1 unspecified atom stereocenters. The summed E-state index contributed by atoms with van der Waals surface area (Å²) in [5.41, 5.74) is 0. The van der Waals surface area contributed by atoms with E-state index in [-0.39, 0.29) is 12.2 Å². The Balaban J connectivity index is 2.10. The van der Waals surface area contributed by atoms with Crippen LogP contribution in [0.2, 0.25) is 0 Å². The van der Waals surface area contributed by atoms with Gasteiger partial charge in [0, 0.05) is 6.61 Å². The molecule has 78 valence electrons. The second kappa shape index (κ2) is 5.61. The van der Waals surface area contributed by atoms with Gasteiger partial charge >= 0.3 is 0 Å². The van der Waals surface area contributed by atoms with Crippen molar-refractivity contribution in [2.45, 2.75) is 58.2 Å². The van der Waals surface area contributed by atoms with Crippen molar-refractivity contribution in [1.29, 1.82) is 0 Å². The highest BCUT2D eigenvalue weighted by molar-refractivity contribution is 4.66. The molecule has 1 rings (SSSR count). The number of hydrogen-bond donors (Lipinski definition) is 1. The molecule has 2 heteroatoms. The maximum Gasteiger partial charge on any atom is 0.0803 e. The van der Waals surface area contributed by atoms with Gasteiger partial charge in [-0.3, -0.25) is 0 Å². The van der Waals surface area contributed by atoms with Gasteiger partial charge in [-0.2, -0.15) is 0 Å². The lowest BCUT2D eigenvalue weighted by Crippen LogP contribution is -2.26. The molecule has 0 aromatic rings. The highest BCUT2D eigenvalue weighted by Gasteiger charge is 2.16. The van der Waals surface area contributed by atoms with E-state index in [9.17, 15) is 5.11 Å². The van der Waals surface area contributed by atoms with Crippen LogP contribution >= 0.6 is 0 Å². The van der Waals surface area contributed by atoms with Crippen LogP contribution in [0.25, 0.3) is 0 Å². The zero-order valence-corrected chi connectivity index (χ0v) is 8.83. The van der Waals surface area contributed by atoms with Crippen molar-refractivity contribution < 1.29 is 9.84 Å². The van der Waals surface area contributed by atoms with Crippen LogP contribution < -0.4 is 0 Å². The Morgan fingerprint density at radius 3 is 2.38 bits per heavy atom. The Morgan fingerprint density at radius 1 is 1.23 bits per heavy atom. The molecule has 13 heavy (non-hydrogen) atoms. The summed E-state index contributed by atoms with van der Waals surface area (Å²) in [7, 11) is 0. The third-order valence-corrected chi connectivity index (χ3v) is 3.00. The van der Waals surface area contributed by atoms with Crippen LogP contribution in [0.15, 0.2) is 0 Å². The summed E-state index contributed by atoms with van der Waals surface area (Å²) in [6.07, 6.45) is 6.38. The largest absolute Gasteiger partial charge is 0.391 e. The van der Waals surface area contributed by atoms with E-state index in [4.69, 9.17) is 4.74 Å². The smallest absolute Gasteiger partial charge is 0.0803 e. The van der Waals surface area contributed by atoms with E-state index in [1.165, 1.54) is 32.1 Å². The Bertz CT molecular complexity index is 128.